The summed E-state index contributed by atoms with van der Waals surface area (Å²) in [7, 11) is 0. The Labute approximate surface area is 437 Å². The summed E-state index contributed by atoms with van der Waals surface area (Å²) in [4.78, 5) is 146. The summed E-state index contributed by atoms with van der Waals surface area (Å²) in [6.07, 6.45) is -0.388. The number of carbonyl (C=O) groups is 11. The highest BCUT2D eigenvalue weighted by Crippen LogP contribution is 2.20. The molecule has 75 heavy (non-hydrogen) atoms. The lowest BCUT2D eigenvalue weighted by atomic mass is 10.0. The number of rotatable bonds is 37. The number of nitrogens with two attached hydrogens (primary N) is 4. The zero-order chi connectivity index (χ0) is 56.9. The SMILES string of the molecule is CC(C)C[C@H](NC(=O)[C@@H](NC(=O)[C@H](C)NC(=O)[C@H](CCC(=O)O)NC(=O)[C@H](CCCCN)NC(=O)CNC(=O)[C@@H](N)CCCCN)[C@@H](C)O)C(=O)N[C@H](C(=O)N[C@@H](CCCCN)C(=O)N1CCC[C@H]1C(=O)O)[C@@H](C)O. The third-order valence-corrected chi connectivity index (χ3v) is 12.2. The number of amides is 9. The van der Waals surface area contributed by atoms with Crippen molar-refractivity contribution in [2.24, 2.45) is 28.9 Å². The summed E-state index contributed by atoms with van der Waals surface area (Å²) >= 11 is 0. The minimum Gasteiger partial charge on any atom is -0.481 e. The van der Waals surface area contributed by atoms with Gasteiger partial charge in [0.15, 0.2) is 0 Å². The van der Waals surface area contributed by atoms with E-state index in [1.165, 1.54) is 13.8 Å². The fraction of sp³-hybridized carbons (Fsp3) is 0.766. The second-order valence-electron chi connectivity index (χ2n) is 19.3. The monoisotopic (exact) mass is 1070 g/mol. The van der Waals surface area contributed by atoms with Gasteiger partial charge in [-0.25, -0.2) is 4.79 Å². The van der Waals surface area contributed by atoms with Crippen LogP contribution in [0, 0.1) is 5.92 Å². The van der Waals surface area contributed by atoms with Crippen LogP contribution in [-0.2, 0) is 52.7 Å². The van der Waals surface area contributed by atoms with Crippen LogP contribution in [0.2, 0.25) is 0 Å². The fourth-order valence-corrected chi connectivity index (χ4v) is 7.94. The lowest BCUT2D eigenvalue weighted by Crippen LogP contribution is -2.62. The van der Waals surface area contributed by atoms with Gasteiger partial charge in [-0.3, -0.25) is 47.9 Å². The van der Waals surface area contributed by atoms with E-state index in [0.29, 0.717) is 57.9 Å². The fourth-order valence-electron chi connectivity index (χ4n) is 7.94. The molecule has 0 aromatic rings. The van der Waals surface area contributed by atoms with Crippen molar-refractivity contribution in [2.75, 3.05) is 32.7 Å². The van der Waals surface area contributed by atoms with Crippen molar-refractivity contribution in [1.82, 2.24) is 47.4 Å². The van der Waals surface area contributed by atoms with E-state index in [1.54, 1.807) is 13.8 Å². The maximum atomic E-state index is 13.9. The Balaban J connectivity index is 3.22. The van der Waals surface area contributed by atoms with Crippen molar-refractivity contribution in [1.29, 1.82) is 0 Å². The summed E-state index contributed by atoms with van der Waals surface area (Å²) in [6.45, 7) is 7.51. The van der Waals surface area contributed by atoms with Crippen molar-refractivity contribution in [3.05, 3.63) is 0 Å². The molecule has 428 valence electrons. The van der Waals surface area contributed by atoms with Crippen molar-refractivity contribution < 1.29 is 73.2 Å². The highest BCUT2D eigenvalue weighted by atomic mass is 16.4. The smallest absolute Gasteiger partial charge is 0.326 e. The zero-order valence-corrected chi connectivity index (χ0v) is 43.9. The highest BCUT2D eigenvalue weighted by Gasteiger charge is 2.40. The van der Waals surface area contributed by atoms with Crippen LogP contribution in [-0.4, -0.2) is 190 Å². The van der Waals surface area contributed by atoms with E-state index in [0.717, 1.165) is 11.8 Å². The quantitative estimate of drug-likeness (QED) is 0.0259. The van der Waals surface area contributed by atoms with Gasteiger partial charge in [0.05, 0.1) is 24.8 Å². The third kappa shape index (κ3) is 24.9. The average Bonchev–Trinajstić information content (AvgIpc) is 3.84. The van der Waals surface area contributed by atoms with Crippen molar-refractivity contribution in [3.8, 4) is 0 Å². The molecular weight excluding hydrogens is 987 g/mol. The Morgan fingerprint density at radius 3 is 1.52 bits per heavy atom. The van der Waals surface area contributed by atoms with E-state index < -0.39 is 151 Å². The van der Waals surface area contributed by atoms with E-state index in [9.17, 15) is 73.2 Å². The van der Waals surface area contributed by atoms with Crippen LogP contribution < -0.4 is 65.5 Å². The topological polar surface area (TPSA) is 472 Å². The van der Waals surface area contributed by atoms with Crippen LogP contribution in [0.1, 0.15) is 125 Å². The molecule has 0 bridgehead atoms. The highest BCUT2D eigenvalue weighted by molar-refractivity contribution is 5.98. The van der Waals surface area contributed by atoms with E-state index in [1.807, 2.05) is 0 Å². The lowest BCUT2D eigenvalue weighted by molar-refractivity contribution is -0.149. The number of hydrogen-bond donors (Lipinski definition) is 16. The number of nitrogens with one attached hydrogen (secondary N) is 8. The number of likely N-dealkylation sites (tertiary alicyclic amines) is 1. The zero-order valence-electron chi connectivity index (χ0n) is 43.9. The Morgan fingerprint density at radius 2 is 1.01 bits per heavy atom. The molecule has 0 aromatic heterocycles. The number of unbranched alkanes of at least 4 members (excludes halogenated alkanes) is 3. The molecule has 0 aromatic carbocycles. The average molecular weight is 1070 g/mol. The van der Waals surface area contributed by atoms with Crippen molar-refractivity contribution in [3.63, 3.8) is 0 Å². The van der Waals surface area contributed by atoms with E-state index >= 15 is 0 Å². The minimum absolute atomic E-state index is 0.0295. The Bertz CT molecular complexity index is 1910. The molecule has 1 aliphatic rings. The Morgan fingerprint density at radius 1 is 0.547 bits per heavy atom. The maximum Gasteiger partial charge on any atom is 0.326 e. The Hall–Kier alpha value is -6.07. The first-order valence-electron chi connectivity index (χ1n) is 25.7. The first-order chi connectivity index (χ1) is 35.3. The second-order valence-corrected chi connectivity index (χ2v) is 19.3. The largest absolute Gasteiger partial charge is 0.481 e. The summed E-state index contributed by atoms with van der Waals surface area (Å²) in [6, 6.07) is -12.5. The summed E-state index contributed by atoms with van der Waals surface area (Å²) in [5.74, 6) is -10.9. The van der Waals surface area contributed by atoms with Gasteiger partial charge < -0.3 is 90.8 Å². The van der Waals surface area contributed by atoms with Gasteiger partial charge in [-0.15, -0.1) is 0 Å². The first kappa shape index (κ1) is 66.9. The van der Waals surface area contributed by atoms with Gasteiger partial charge in [-0.1, -0.05) is 20.3 Å². The molecule has 0 unspecified atom stereocenters. The molecule has 1 fully saturated rings. The summed E-state index contributed by atoms with van der Waals surface area (Å²) in [5.41, 5.74) is 22.6. The van der Waals surface area contributed by atoms with Gasteiger partial charge in [0, 0.05) is 13.0 Å². The molecule has 28 nitrogen and oxygen atoms in total. The molecule has 0 aliphatic carbocycles. The first-order valence-corrected chi connectivity index (χ1v) is 25.7. The number of nitrogens with zero attached hydrogens (tertiary/aromatic N) is 1. The number of carboxylic acids is 2. The molecule has 11 atom stereocenters. The van der Waals surface area contributed by atoms with Crippen molar-refractivity contribution in [2.45, 2.75) is 191 Å². The summed E-state index contributed by atoms with van der Waals surface area (Å²) < 4.78 is 0. The third-order valence-electron chi connectivity index (χ3n) is 12.2. The van der Waals surface area contributed by atoms with Gasteiger partial charge in [-0.05, 0) is 123 Å². The maximum absolute atomic E-state index is 13.9. The standard InChI is InChI=1S/C47H85N13O15/c1-25(2)23-33(43(70)59-38(28(5)62)44(71)56-32(15-8-11-21-50)46(73)60-22-12-16-34(60)47(74)75)57-45(72)37(27(4)61)58-39(66)26(3)53-41(68)31(17-18-36(64)65)55-42(69)30(14-7-10-20-49)54-35(63)24-52-40(67)29(51)13-6-9-19-48/h25-34,37-38,61-62H,6-24,48-51H2,1-5H3,(H,52,67)(H,53,68)(H,54,63)(H,55,69)(H,56,71)(H,57,72)(H,58,66)(H,59,70)(H,64,65)(H,74,75)/t26-,27+,28+,29-,30-,31-,32-,33-,34-,37-,38-/m0/s1. The number of aliphatic hydroxyl groups excluding tert-OH is 2. The molecule has 9 amide bonds. The van der Waals surface area contributed by atoms with E-state index in [2.05, 4.69) is 42.5 Å². The molecule has 0 radical (unpaired) electrons. The number of hydrogen-bond acceptors (Lipinski definition) is 17. The molecule has 20 N–H and O–H groups in total. The van der Waals surface area contributed by atoms with Crippen molar-refractivity contribution >= 4 is 65.1 Å². The number of carbonyl (C=O) groups excluding carboxylic acids is 9. The normalized spacial score (nSPS) is 17.3. The minimum atomic E-state index is -1.77. The van der Waals surface area contributed by atoms with Gasteiger partial charge in [-0.2, -0.15) is 0 Å². The molecule has 0 saturated carbocycles. The van der Waals surface area contributed by atoms with Crippen LogP contribution in [0.25, 0.3) is 0 Å². The van der Waals surface area contributed by atoms with Gasteiger partial charge >= 0.3 is 11.9 Å². The van der Waals surface area contributed by atoms with E-state index in [4.69, 9.17) is 22.9 Å². The number of carboxylic acid groups (broad SMARTS) is 2. The van der Waals surface area contributed by atoms with Crippen LogP contribution in [0.5, 0.6) is 0 Å². The molecule has 1 rings (SSSR count). The number of aliphatic hydroxyl groups is 2. The predicted octanol–water partition coefficient (Wildman–Crippen LogP) is -5.02. The van der Waals surface area contributed by atoms with Gasteiger partial charge in [0.2, 0.25) is 53.2 Å². The molecule has 1 heterocycles. The van der Waals surface area contributed by atoms with E-state index in [-0.39, 0.29) is 51.2 Å². The van der Waals surface area contributed by atoms with Crippen LogP contribution >= 0.6 is 0 Å². The molecule has 1 aliphatic heterocycles. The molecule has 0 spiro atoms. The summed E-state index contributed by atoms with van der Waals surface area (Å²) in [5, 5.41) is 59.9. The van der Waals surface area contributed by atoms with Gasteiger partial charge in [0.25, 0.3) is 0 Å². The molecular formula is C47H85N13O15. The second kappa shape index (κ2) is 35.2. The lowest BCUT2D eigenvalue weighted by Gasteiger charge is -2.30. The molecule has 1 saturated heterocycles. The Kier molecular flexibility index (Phi) is 31.5. The predicted molar refractivity (Wildman–Crippen MR) is 271 cm³/mol. The van der Waals surface area contributed by atoms with Gasteiger partial charge in [0.1, 0.15) is 48.3 Å². The van der Waals surface area contributed by atoms with Crippen LogP contribution in [0.4, 0.5) is 0 Å². The number of aliphatic carboxylic acids is 2. The van der Waals surface area contributed by atoms with Crippen LogP contribution in [0.15, 0.2) is 0 Å². The van der Waals surface area contributed by atoms with Crippen LogP contribution in [0.3, 0.4) is 0 Å². The molecule has 28 heteroatoms.